The van der Waals surface area contributed by atoms with E-state index in [1.807, 2.05) is 72.9 Å². The van der Waals surface area contributed by atoms with E-state index < -0.39 is 0 Å². The summed E-state index contributed by atoms with van der Waals surface area (Å²) in [4.78, 5) is 27.1. The zero-order valence-corrected chi connectivity index (χ0v) is 20.0. The lowest BCUT2D eigenvalue weighted by molar-refractivity contribution is 0.0628. The molecule has 0 saturated carbocycles. The average molecular weight is 470 g/mol. The summed E-state index contributed by atoms with van der Waals surface area (Å²) < 4.78 is 3.44. The van der Waals surface area contributed by atoms with Crippen LogP contribution in [0, 0.1) is 6.92 Å². The lowest BCUT2D eigenvalue weighted by atomic mass is 10.1. The van der Waals surface area contributed by atoms with E-state index in [-0.39, 0.29) is 5.91 Å². The monoisotopic (exact) mass is 469 g/mol. The van der Waals surface area contributed by atoms with Crippen molar-refractivity contribution in [3.05, 3.63) is 95.9 Å². The number of rotatable bonds is 6. The van der Waals surface area contributed by atoms with Gasteiger partial charge in [0.05, 0.1) is 10.4 Å². The highest BCUT2D eigenvalue weighted by Gasteiger charge is 2.22. The molecule has 1 N–H and O–H groups in total. The predicted octanol–water partition coefficient (Wildman–Crippen LogP) is 5.02. The molecule has 0 radical (unpaired) electrons. The molecule has 0 aliphatic carbocycles. The number of piperazine rings is 1. The fourth-order valence-electron chi connectivity index (χ4n) is 4.22. The molecule has 1 aliphatic heterocycles. The van der Waals surface area contributed by atoms with E-state index in [2.05, 4.69) is 37.8 Å². The average Bonchev–Trinajstić information content (AvgIpc) is 2.88. The van der Waals surface area contributed by atoms with E-state index in [9.17, 15) is 4.79 Å². The summed E-state index contributed by atoms with van der Waals surface area (Å²) >= 11 is 1.54. The van der Waals surface area contributed by atoms with Gasteiger partial charge in [0.2, 0.25) is 0 Å². The number of aryl methyl sites for hydroxylation is 1. The summed E-state index contributed by atoms with van der Waals surface area (Å²) in [5.41, 5.74) is 5.02. The minimum Gasteiger partial charge on any atom is -0.336 e. The zero-order valence-electron chi connectivity index (χ0n) is 19.1. The van der Waals surface area contributed by atoms with Crippen LogP contribution < -0.4 is 4.72 Å². The van der Waals surface area contributed by atoms with Crippen LogP contribution in [-0.2, 0) is 6.54 Å². The van der Waals surface area contributed by atoms with Gasteiger partial charge in [-0.15, -0.1) is 0 Å². The molecule has 1 saturated heterocycles. The number of para-hydroxylation sites is 1. The lowest BCUT2D eigenvalue weighted by Crippen LogP contribution is -2.48. The third-order valence-electron chi connectivity index (χ3n) is 6.16. The van der Waals surface area contributed by atoms with Crippen LogP contribution in [0.3, 0.4) is 0 Å². The van der Waals surface area contributed by atoms with Gasteiger partial charge in [-0.05, 0) is 72.5 Å². The maximum absolute atomic E-state index is 13.1. The number of amides is 1. The molecule has 5 rings (SSSR count). The highest BCUT2D eigenvalue weighted by Crippen LogP contribution is 2.29. The minimum atomic E-state index is 0.101. The van der Waals surface area contributed by atoms with Crippen LogP contribution in [0.2, 0.25) is 0 Å². The molecule has 172 valence electrons. The molecular formula is C27H27N5OS. The molecule has 1 amide bonds. The number of aromatic nitrogens is 2. The highest BCUT2D eigenvalue weighted by molar-refractivity contribution is 8.00. The van der Waals surface area contributed by atoms with E-state index in [1.165, 1.54) is 5.56 Å². The van der Waals surface area contributed by atoms with Crippen LogP contribution in [0.5, 0.6) is 0 Å². The topological polar surface area (TPSA) is 61.4 Å². The molecule has 2 aromatic carbocycles. The molecule has 7 heteroatoms. The molecule has 1 aliphatic rings. The van der Waals surface area contributed by atoms with Gasteiger partial charge in [-0.25, -0.2) is 0 Å². The van der Waals surface area contributed by atoms with Gasteiger partial charge in [-0.2, -0.15) is 0 Å². The highest BCUT2D eigenvalue weighted by atomic mass is 32.2. The van der Waals surface area contributed by atoms with Gasteiger partial charge in [0.1, 0.15) is 0 Å². The number of benzene rings is 2. The van der Waals surface area contributed by atoms with Crippen LogP contribution >= 0.6 is 11.9 Å². The van der Waals surface area contributed by atoms with Crippen molar-refractivity contribution in [3.8, 4) is 0 Å². The molecular weight excluding hydrogens is 442 g/mol. The molecule has 3 heterocycles. The zero-order chi connectivity index (χ0) is 23.3. The second-order valence-corrected chi connectivity index (χ2v) is 9.34. The maximum atomic E-state index is 13.1. The number of carbonyl (C=O) groups excluding carboxylic acids is 1. The van der Waals surface area contributed by atoms with Crippen molar-refractivity contribution in [1.29, 1.82) is 0 Å². The summed E-state index contributed by atoms with van der Waals surface area (Å²) in [6.07, 6.45) is 5.47. The number of nitrogens with zero attached hydrogens (tertiary/aromatic N) is 4. The van der Waals surface area contributed by atoms with E-state index >= 15 is 0 Å². The van der Waals surface area contributed by atoms with E-state index in [0.29, 0.717) is 0 Å². The summed E-state index contributed by atoms with van der Waals surface area (Å²) in [6.45, 7) is 6.17. The Morgan fingerprint density at radius 3 is 2.56 bits per heavy atom. The SMILES string of the molecule is Cc1cc(C(=O)N2CCN(Cc3ccncc3)CC2)ccc1NSc1cccc2cccnc12. The molecule has 6 nitrogen and oxygen atoms in total. The van der Waals surface area contributed by atoms with Crippen LogP contribution in [0.15, 0.2) is 84.1 Å². The standard InChI is InChI=1S/C27H27N5OS/c1-20-18-23(27(33)32-16-14-31(15-17-32)19-21-9-12-28-13-10-21)7-8-24(20)30-34-25-6-2-4-22-5-3-11-29-26(22)25/h2-13,18,30H,14-17,19H2,1H3. The predicted molar refractivity (Wildman–Crippen MR) is 138 cm³/mol. The summed E-state index contributed by atoms with van der Waals surface area (Å²) in [7, 11) is 0. The van der Waals surface area contributed by atoms with Crippen LogP contribution in [-0.4, -0.2) is 51.9 Å². The van der Waals surface area contributed by atoms with Crippen LogP contribution in [0.4, 0.5) is 5.69 Å². The Morgan fingerprint density at radius 1 is 0.971 bits per heavy atom. The van der Waals surface area contributed by atoms with Crippen LogP contribution in [0.1, 0.15) is 21.5 Å². The minimum absolute atomic E-state index is 0.101. The van der Waals surface area contributed by atoms with Crippen molar-refractivity contribution < 1.29 is 4.79 Å². The number of carbonyl (C=O) groups is 1. The first kappa shape index (κ1) is 22.4. The molecule has 4 aromatic rings. The molecule has 0 spiro atoms. The summed E-state index contributed by atoms with van der Waals surface area (Å²) in [5.74, 6) is 0.101. The van der Waals surface area contributed by atoms with Gasteiger partial charge >= 0.3 is 0 Å². The fraction of sp³-hybridized carbons (Fsp3) is 0.222. The maximum Gasteiger partial charge on any atom is 0.253 e. The van der Waals surface area contributed by atoms with E-state index in [1.54, 1.807) is 11.9 Å². The van der Waals surface area contributed by atoms with Gasteiger partial charge in [-0.1, -0.05) is 18.2 Å². The summed E-state index contributed by atoms with van der Waals surface area (Å²) in [6, 6.07) is 20.2. The Morgan fingerprint density at radius 2 is 1.76 bits per heavy atom. The molecule has 1 fully saturated rings. The normalized spacial score (nSPS) is 14.3. The second-order valence-electron chi connectivity index (χ2n) is 8.49. The summed E-state index contributed by atoms with van der Waals surface area (Å²) in [5, 5.41) is 1.12. The molecule has 34 heavy (non-hydrogen) atoms. The van der Waals surface area contributed by atoms with Crippen molar-refractivity contribution in [1.82, 2.24) is 19.8 Å². The van der Waals surface area contributed by atoms with Crippen molar-refractivity contribution in [2.45, 2.75) is 18.4 Å². The Labute approximate surface area is 204 Å². The second kappa shape index (κ2) is 10.2. The molecule has 0 unspecified atom stereocenters. The number of anilines is 1. The number of nitrogens with one attached hydrogen (secondary N) is 1. The Balaban J connectivity index is 1.19. The fourth-order valence-corrected chi connectivity index (χ4v) is 5.08. The van der Waals surface area contributed by atoms with E-state index in [4.69, 9.17) is 0 Å². The van der Waals surface area contributed by atoms with Crippen molar-refractivity contribution in [2.75, 3.05) is 30.9 Å². The lowest BCUT2D eigenvalue weighted by Gasteiger charge is -2.34. The van der Waals surface area contributed by atoms with Crippen molar-refractivity contribution >= 4 is 34.4 Å². The molecule has 0 atom stereocenters. The first-order chi connectivity index (χ1) is 16.7. The largest absolute Gasteiger partial charge is 0.336 e. The van der Waals surface area contributed by atoms with Gasteiger partial charge in [0, 0.05) is 68.0 Å². The van der Waals surface area contributed by atoms with Crippen molar-refractivity contribution in [3.63, 3.8) is 0 Å². The molecule has 2 aromatic heterocycles. The third-order valence-corrected chi connectivity index (χ3v) is 7.03. The first-order valence-corrected chi connectivity index (χ1v) is 12.3. The first-order valence-electron chi connectivity index (χ1n) is 11.5. The Kier molecular flexibility index (Phi) is 6.74. The van der Waals surface area contributed by atoms with E-state index in [0.717, 1.165) is 65.3 Å². The number of hydrogen-bond acceptors (Lipinski definition) is 6. The van der Waals surface area contributed by atoms with Crippen LogP contribution in [0.25, 0.3) is 10.9 Å². The third kappa shape index (κ3) is 5.05. The number of hydrogen-bond donors (Lipinski definition) is 1. The van der Waals surface area contributed by atoms with Crippen molar-refractivity contribution in [2.24, 2.45) is 0 Å². The van der Waals surface area contributed by atoms with Gasteiger partial charge < -0.3 is 9.62 Å². The van der Waals surface area contributed by atoms with Gasteiger partial charge in [-0.3, -0.25) is 19.7 Å². The molecule has 0 bridgehead atoms. The Hall–Kier alpha value is -3.42. The smallest absolute Gasteiger partial charge is 0.253 e. The van der Waals surface area contributed by atoms with Gasteiger partial charge in [0.25, 0.3) is 5.91 Å². The Bertz CT molecular complexity index is 1280. The quantitative estimate of drug-likeness (QED) is 0.400. The number of fused-ring (bicyclic) bond motifs is 1. The number of pyridine rings is 2. The van der Waals surface area contributed by atoms with Gasteiger partial charge in [0.15, 0.2) is 0 Å².